The molecule has 1 aromatic heterocycles. The molecular formula is C11H11ClN2S. The van der Waals surface area contributed by atoms with E-state index in [0.29, 0.717) is 4.47 Å². The van der Waals surface area contributed by atoms with Crippen molar-refractivity contribution in [2.45, 2.75) is 13.3 Å². The van der Waals surface area contributed by atoms with Crippen LogP contribution in [0.1, 0.15) is 12.5 Å². The lowest BCUT2D eigenvalue weighted by atomic mass is 10.1. The van der Waals surface area contributed by atoms with Gasteiger partial charge in [-0.05, 0) is 24.1 Å². The summed E-state index contributed by atoms with van der Waals surface area (Å²) in [5.74, 6) is 0. The van der Waals surface area contributed by atoms with E-state index in [1.54, 1.807) is 6.20 Å². The molecule has 0 aliphatic heterocycles. The van der Waals surface area contributed by atoms with Crippen molar-refractivity contribution in [1.82, 2.24) is 4.98 Å². The Kier molecular flexibility index (Phi) is 3.23. The summed E-state index contributed by atoms with van der Waals surface area (Å²) >= 11 is 7.18. The van der Waals surface area contributed by atoms with Gasteiger partial charge in [0.25, 0.3) is 0 Å². The lowest BCUT2D eigenvalue weighted by Crippen LogP contribution is -1.87. The second kappa shape index (κ2) is 4.64. The highest BCUT2D eigenvalue weighted by atomic mass is 35.5. The van der Waals surface area contributed by atoms with E-state index >= 15 is 0 Å². The first-order valence-corrected chi connectivity index (χ1v) is 5.94. The molecule has 2 rings (SSSR count). The van der Waals surface area contributed by atoms with Crippen molar-refractivity contribution in [3.8, 4) is 0 Å². The Bertz CT molecular complexity index is 436. The van der Waals surface area contributed by atoms with Crippen LogP contribution >= 0.6 is 22.9 Å². The fraction of sp³-hybridized carbons (Fsp3) is 0.182. The smallest absolute Gasteiger partial charge is 0.185 e. The third-order valence-electron chi connectivity index (χ3n) is 2.11. The molecule has 2 aromatic rings. The van der Waals surface area contributed by atoms with Crippen LogP contribution in [0.25, 0.3) is 0 Å². The van der Waals surface area contributed by atoms with Gasteiger partial charge in [0.05, 0.1) is 6.20 Å². The summed E-state index contributed by atoms with van der Waals surface area (Å²) in [6.07, 6.45) is 2.80. The molecular weight excluding hydrogens is 228 g/mol. The Labute approximate surface area is 97.9 Å². The van der Waals surface area contributed by atoms with Gasteiger partial charge in [-0.2, -0.15) is 0 Å². The molecule has 0 spiro atoms. The number of thiazole rings is 1. The number of anilines is 2. The minimum absolute atomic E-state index is 0.558. The van der Waals surface area contributed by atoms with Gasteiger partial charge < -0.3 is 5.32 Å². The zero-order chi connectivity index (χ0) is 10.7. The normalized spacial score (nSPS) is 10.3. The number of benzene rings is 1. The molecule has 2 nitrogen and oxygen atoms in total. The van der Waals surface area contributed by atoms with Crippen LogP contribution in [0.4, 0.5) is 10.7 Å². The molecule has 0 saturated carbocycles. The number of nitrogens with zero attached hydrogens (tertiary/aromatic N) is 1. The number of halogens is 1. The molecule has 15 heavy (non-hydrogen) atoms. The van der Waals surface area contributed by atoms with E-state index in [-0.39, 0.29) is 0 Å². The third kappa shape index (κ3) is 2.70. The van der Waals surface area contributed by atoms with E-state index in [9.17, 15) is 0 Å². The first kappa shape index (κ1) is 10.5. The number of aromatic nitrogens is 1. The van der Waals surface area contributed by atoms with Crippen molar-refractivity contribution in [2.24, 2.45) is 0 Å². The van der Waals surface area contributed by atoms with Crippen LogP contribution in [-0.4, -0.2) is 4.98 Å². The largest absolute Gasteiger partial charge is 0.346 e. The minimum Gasteiger partial charge on any atom is -0.346 e. The molecule has 0 saturated heterocycles. The van der Waals surface area contributed by atoms with E-state index in [4.69, 9.17) is 11.6 Å². The third-order valence-corrected chi connectivity index (χ3v) is 3.14. The molecule has 1 heterocycles. The molecule has 4 heteroatoms. The van der Waals surface area contributed by atoms with E-state index in [0.717, 1.165) is 17.1 Å². The summed E-state index contributed by atoms with van der Waals surface area (Å²) in [5.41, 5.74) is 2.40. The molecule has 0 aliphatic carbocycles. The standard InChI is InChI=1S/C11H11ClN2S/c1-2-8-3-5-9(6-4-8)14-10-7-13-11(12)15-10/h3-7,14H,2H2,1H3. The molecule has 1 aromatic carbocycles. The van der Waals surface area contributed by atoms with E-state index in [1.165, 1.54) is 16.9 Å². The predicted molar refractivity (Wildman–Crippen MR) is 66.2 cm³/mol. The zero-order valence-electron chi connectivity index (χ0n) is 8.33. The van der Waals surface area contributed by atoms with E-state index in [1.807, 2.05) is 0 Å². The molecule has 0 atom stereocenters. The number of aryl methyl sites for hydroxylation is 1. The summed E-state index contributed by atoms with van der Waals surface area (Å²) in [5, 5.41) is 4.21. The maximum atomic E-state index is 5.74. The van der Waals surface area contributed by atoms with Gasteiger partial charge in [0.1, 0.15) is 5.00 Å². The van der Waals surface area contributed by atoms with Crippen molar-refractivity contribution in [3.05, 3.63) is 40.5 Å². The van der Waals surface area contributed by atoms with Crippen LogP contribution in [0, 0.1) is 0 Å². The fourth-order valence-electron chi connectivity index (χ4n) is 1.28. The second-order valence-corrected chi connectivity index (χ2v) is 4.77. The van der Waals surface area contributed by atoms with Gasteiger partial charge in [0.15, 0.2) is 4.47 Å². The Balaban J connectivity index is 2.11. The van der Waals surface area contributed by atoms with Crippen LogP contribution in [-0.2, 0) is 6.42 Å². The second-order valence-electron chi connectivity index (χ2n) is 3.15. The van der Waals surface area contributed by atoms with Crippen molar-refractivity contribution in [3.63, 3.8) is 0 Å². The SMILES string of the molecule is CCc1ccc(Nc2cnc(Cl)s2)cc1. The number of hydrogen-bond acceptors (Lipinski definition) is 3. The Morgan fingerprint density at radius 2 is 2.07 bits per heavy atom. The monoisotopic (exact) mass is 238 g/mol. The van der Waals surface area contributed by atoms with E-state index in [2.05, 4.69) is 41.5 Å². The van der Waals surface area contributed by atoms with Gasteiger partial charge >= 0.3 is 0 Å². The van der Waals surface area contributed by atoms with Crippen molar-refractivity contribution >= 4 is 33.6 Å². The van der Waals surface area contributed by atoms with Crippen molar-refractivity contribution < 1.29 is 0 Å². The average molecular weight is 239 g/mol. The van der Waals surface area contributed by atoms with Gasteiger partial charge in [-0.15, -0.1) is 0 Å². The quantitative estimate of drug-likeness (QED) is 0.871. The van der Waals surface area contributed by atoms with Gasteiger partial charge in [0.2, 0.25) is 0 Å². The summed E-state index contributed by atoms with van der Waals surface area (Å²) in [4.78, 5) is 3.97. The van der Waals surface area contributed by atoms with Crippen molar-refractivity contribution in [2.75, 3.05) is 5.32 Å². The van der Waals surface area contributed by atoms with Crippen LogP contribution in [0.5, 0.6) is 0 Å². The maximum Gasteiger partial charge on any atom is 0.185 e. The summed E-state index contributed by atoms with van der Waals surface area (Å²) in [6.45, 7) is 2.14. The first-order valence-electron chi connectivity index (χ1n) is 4.75. The molecule has 1 N–H and O–H groups in total. The molecule has 0 aliphatic rings. The summed E-state index contributed by atoms with van der Waals surface area (Å²) in [6, 6.07) is 8.36. The van der Waals surface area contributed by atoms with Crippen LogP contribution < -0.4 is 5.32 Å². The lowest BCUT2D eigenvalue weighted by molar-refractivity contribution is 1.14. The highest BCUT2D eigenvalue weighted by Gasteiger charge is 1.99. The molecule has 0 bridgehead atoms. The fourth-order valence-corrected chi connectivity index (χ4v) is 2.14. The summed E-state index contributed by atoms with van der Waals surface area (Å²) in [7, 11) is 0. The highest BCUT2D eigenvalue weighted by Crippen LogP contribution is 2.26. The highest BCUT2D eigenvalue weighted by molar-refractivity contribution is 7.19. The van der Waals surface area contributed by atoms with Gasteiger partial charge in [-0.25, -0.2) is 4.98 Å². The minimum atomic E-state index is 0.558. The maximum absolute atomic E-state index is 5.74. The number of hydrogen-bond donors (Lipinski definition) is 1. The van der Waals surface area contributed by atoms with Gasteiger partial charge in [-0.1, -0.05) is 42.0 Å². The Hall–Kier alpha value is -1.06. The van der Waals surface area contributed by atoms with Gasteiger partial charge in [-0.3, -0.25) is 0 Å². The molecule has 0 fully saturated rings. The molecule has 0 radical (unpaired) electrons. The molecule has 0 amide bonds. The molecule has 0 unspecified atom stereocenters. The Morgan fingerprint density at radius 3 is 2.60 bits per heavy atom. The lowest BCUT2D eigenvalue weighted by Gasteiger charge is -2.03. The van der Waals surface area contributed by atoms with Crippen molar-refractivity contribution in [1.29, 1.82) is 0 Å². The van der Waals surface area contributed by atoms with Gasteiger partial charge in [0, 0.05) is 5.69 Å². The van der Waals surface area contributed by atoms with Crippen LogP contribution in [0.15, 0.2) is 30.5 Å². The summed E-state index contributed by atoms with van der Waals surface area (Å²) < 4.78 is 0.558. The number of nitrogens with one attached hydrogen (secondary N) is 1. The first-order chi connectivity index (χ1) is 7.28. The zero-order valence-corrected chi connectivity index (χ0v) is 9.90. The topological polar surface area (TPSA) is 24.9 Å². The Morgan fingerprint density at radius 1 is 1.33 bits per heavy atom. The number of rotatable bonds is 3. The van der Waals surface area contributed by atoms with Crippen LogP contribution in [0.3, 0.4) is 0 Å². The predicted octanol–water partition coefficient (Wildman–Crippen LogP) is 4.10. The van der Waals surface area contributed by atoms with E-state index < -0.39 is 0 Å². The average Bonchev–Trinajstić information content (AvgIpc) is 2.65. The molecule has 78 valence electrons. The van der Waals surface area contributed by atoms with Crippen LogP contribution in [0.2, 0.25) is 4.47 Å².